The van der Waals surface area contributed by atoms with Gasteiger partial charge >= 0.3 is 0 Å². The molecule has 2 nitrogen and oxygen atoms in total. The summed E-state index contributed by atoms with van der Waals surface area (Å²) < 4.78 is 0. The summed E-state index contributed by atoms with van der Waals surface area (Å²) >= 11 is 0. The van der Waals surface area contributed by atoms with Crippen molar-refractivity contribution < 1.29 is 4.84 Å². The van der Waals surface area contributed by atoms with E-state index in [1.54, 1.807) is 0 Å². The van der Waals surface area contributed by atoms with Gasteiger partial charge in [0.1, 0.15) is 0 Å². The Labute approximate surface area is 56.5 Å². The van der Waals surface area contributed by atoms with E-state index in [1.807, 2.05) is 0 Å². The van der Waals surface area contributed by atoms with Gasteiger partial charge in [0.25, 0.3) is 0 Å². The molecule has 9 heavy (non-hydrogen) atoms. The maximum atomic E-state index is 5.08. The molecular formula is C7H15NO. The van der Waals surface area contributed by atoms with Crippen molar-refractivity contribution in [2.24, 2.45) is 5.92 Å². The molecule has 1 fully saturated rings. The smallest absolute Gasteiger partial charge is 0.0710 e. The average Bonchev–Trinajstić information content (AvgIpc) is 1.91. The second-order valence-electron chi connectivity index (χ2n) is 2.65. The minimum Gasteiger partial charge on any atom is -0.302 e. The van der Waals surface area contributed by atoms with Gasteiger partial charge in [-0.2, -0.15) is 0 Å². The van der Waals surface area contributed by atoms with Gasteiger partial charge in [-0.05, 0) is 18.8 Å². The van der Waals surface area contributed by atoms with E-state index in [9.17, 15) is 0 Å². The lowest BCUT2D eigenvalue weighted by Gasteiger charge is -2.21. The van der Waals surface area contributed by atoms with Crippen LogP contribution in [0, 0.1) is 5.92 Å². The quantitative estimate of drug-likeness (QED) is 0.607. The van der Waals surface area contributed by atoms with Crippen molar-refractivity contribution in [1.82, 2.24) is 5.48 Å². The van der Waals surface area contributed by atoms with Crippen LogP contribution in [0.25, 0.3) is 0 Å². The highest BCUT2D eigenvalue weighted by atomic mass is 16.6. The molecule has 0 aromatic carbocycles. The van der Waals surface area contributed by atoms with Gasteiger partial charge in [-0.1, -0.05) is 13.3 Å². The highest BCUT2D eigenvalue weighted by Gasteiger charge is 2.11. The number of rotatable bonds is 2. The molecule has 0 amide bonds. The van der Waals surface area contributed by atoms with Crippen LogP contribution in [-0.2, 0) is 4.84 Å². The maximum Gasteiger partial charge on any atom is 0.0710 e. The zero-order chi connectivity index (χ0) is 6.53. The summed E-state index contributed by atoms with van der Waals surface area (Å²) in [5, 5.41) is 0. The Bertz CT molecular complexity index is 66.6. The van der Waals surface area contributed by atoms with Crippen LogP contribution in [0.5, 0.6) is 0 Å². The van der Waals surface area contributed by atoms with E-state index in [4.69, 9.17) is 4.84 Å². The zero-order valence-corrected chi connectivity index (χ0v) is 6.02. The molecule has 1 N–H and O–H groups in total. The Balaban J connectivity index is 2.08. The Kier molecular flexibility index (Phi) is 3.01. The van der Waals surface area contributed by atoms with Crippen molar-refractivity contribution in [2.45, 2.75) is 26.2 Å². The van der Waals surface area contributed by atoms with Gasteiger partial charge in [-0.15, -0.1) is 0 Å². The lowest BCUT2D eigenvalue weighted by molar-refractivity contribution is -0.0208. The second kappa shape index (κ2) is 3.85. The molecule has 0 aliphatic carbocycles. The topological polar surface area (TPSA) is 21.3 Å². The van der Waals surface area contributed by atoms with Gasteiger partial charge in [0.05, 0.1) is 6.61 Å². The first-order valence-electron chi connectivity index (χ1n) is 3.78. The average molecular weight is 129 g/mol. The predicted molar refractivity (Wildman–Crippen MR) is 37.0 cm³/mol. The van der Waals surface area contributed by atoms with Crippen LogP contribution in [0.1, 0.15) is 26.2 Å². The van der Waals surface area contributed by atoms with Crippen molar-refractivity contribution in [3.8, 4) is 0 Å². The SMILES string of the molecule is CCCC1CCNOC1. The molecule has 1 saturated heterocycles. The first-order valence-corrected chi connectivity index (χ1v) is 3.78. The van der Waals surface area contributed by atoms with Gasteiger partial charge in [-0.3, -0.25) is 0 Å². The third-order valence-electron chi connectivity index (χ3n) is 1.77. The molecular weight excluding hydrogens is 114 g/mol. The minimum atomic E-state index is 0.816. The fourth-order valence-electron chi connectivity index (χ4n) is 1.23. The van der Waals surface area contributed by atoms with Crippen LogP contribution in [-0.4, -0.2) is 13.2 Å². The van der Waals surface area contributed by atoms with Crippen molar-refractivity contribution in [2.75, 3.05) is 13.2 Å². The molecule has 54 valence electrons. The predicted octanol–water partition coefficient (Wildman–Crippen LogP) is 1.33. The minimum absolute atomic E-state index is 0.816. The molecule has 1 aliphatic rings. The molecule has 1 atom stereocenters. The van der Waals surface area contributed by atoms with Crippen molar-refractivity contribution >= 4 is 0 Å². The Morgan fingerprint density at radius 1 is 1.67 bits per heavy atom. The molecule has 0 spiro atoms. The van der Waals surface area contributed by atoms with E-state index in [0.29, 0.717) is 0 Å². The van der Waals surface area contributed by atoms with Gasteiger partial charge in [0.2, 0.25) is 0 Å². The van der Waals surface area contributed by atoms with Crippen molar-refractivity contribution in [3.63, 3.8) is 0 Å². The van der Waals surface area contributed by atoms with Crippen molar-refractivity contribution in [1.29, 1.82) is 0 Å². The van der Waals surface area contributed by atoms with Gasteiger partial charge < -0.3 is 4.84 Å². The lowest BCUT2D eigenvalue weighted by Crippen LogP contribution is -2.29. The maximum absolute atomic E-state index is 5.08. The summed E-state index contributed by atoms with van der Waals surface area (Å²) in [4.78, 5) is 5.08. The van der Waals surface area contributed by atoms with E-state index in [-0.39, 0.29) is 0 Å². The number of hydroxylamine groups is 1. The van der Waals surface area contributed by atoms with Crippen LogP contribution in [0.3, 0.4) is 0 Å². The molecule has 0 aromatic heterocycles. The second-order valence-corrected chi connectivity index (χ2v) is 2.65. The monoisotopic (exact) mass is 129 g/mol. The van der Waals surface area contributed by atoms with Crippen LogP contribution in [0.15, 0.2) is 0 Å². The summed E-state index contributed by atoms with van der Waals surface area (Å²) in [6, 6.07) is 0. The van der Waals surface area contributed by atoms with Gasteiger partial charge in [0, 0.05) is 6.54 Å². The molecule has 0 bridgehead atoms. The molecule has 1 heterocycles. The van der Waals surface area contributed by atoms with Crippen LogP contribution in [0.4, 0.5) is 0 Å². The van der Waals surface area contributed by atoms with Crippen LogP contribution in [0.2, 0.25) is 0 Å². The molecule has 0 saturated carbocycles. The number of hydrogen-bond acceptors (Lipinski definition) is 2. The van der Waals surface area contributed by atoms with E-state index in [1.165, 1.54) is 19.3 Å². The Hall–Kier alpha value is -0.0800. The highest BCUT2D eigenvalue weighted by Crippen LogP contribution is 2.12. The Morgan fingerprint density at radius 3 is 3.11 bits per heavy atom. The van der Waals surface area contributed by atoms with E-state index in [0.717, 1.165) is 19.1 Å². The normalized spacial score (nSPS) is 28.3. The summed E-state index contributed by atoms with van der Waals surface area (Å²) in [5.41, 5.74) is 2.87. The van der Waals surface area contributed by atoms with Crippen LogP contribution < -0.4 is 5.48 Å². The summed E-state index contributed by atoms with van der Waals surface area (Å²) in [6.07, 6.45) is 3.89. The molecule has 0 radical (unpaired) electrons. The highest BCUT2D eigenvalue weighted by molar-refractivity contribution is 4.60. The standard InChI is InChI=1S/C7H15NO/c1-2-3-7-4-5-8-9-6-7/h7-8H,2-6H2,1H3. The number of hydrogen-bond donors (Lipinski definition) is 1. The van der Waals surface area contributed by atoms with Crippen LogP contribution >= 0.6 is 0 Å². The summed E-state index contributed by atoms with van der Waals surface area (Å²) in [7, 11) is 0. The first kappa shape index (κ1) is 7.03. The molecule has 2 heteroatoms. The summed E-state index contributed by atoms with van der Waals surface area (Å²) in [6.45, 7) is 4.17. The van der Waals surface area contributed by atoms with E-state index < -0.39 is 0 Å². The largest absolute Gasteiger partial charge is 0.302 e. The van der Waals surface area contributed by atoms with Gasteiger partial charge in [-0.25, -0.2) is 5.48 Å². The zero-order valence-electron chi connectivity index (χ0n) is 6.02. The Morgan fingerprint density at radius 2 is 2.56 bits per heavy atom. The van der Waals surface area contributed by atoms with E-state index >= 15 is 0 Å². The van der Waals surface area contributed by atoms with Gasteiger partial charge in [0.15, 0.2) is 0 Å². The number of nitrogens with one attached hydrogen (secondary N) is 1. The molecule has 1 rings (SSSR count). The first-order chi connectivity index (χ1) is 4.43. The summed E-state index contributed by atoms with van der Waals surface area (Å²) in [5.74, 6) is 0.816. The lowest BCUT2D eigenvalue weighted by atomic mass is 10.0. The van der Waals surface area contributed by atoms with Crippen molar-refractivity contribution in [3.05, 3.63) is 0 Å². The molecule has 0 aromatic rings. The molecule has 1 unspecified atom stereocenters. The molecule has 1 aliphatic heterocycles. The third-order valence-corrected chi connectivity index (χ3v) is 1.77. The van der Waals surface area contributed by atoms with E-state index in [2.05, 4.69) is 12.4 Å². The fourth-order valence-corrected chi connectivity index (χ4v) is 1.23. The third kappa shape index (κ3) is 2.33. The fraction of sp³-hybridized carbons (Fsp3) is 1.00.